The first kappa shape index (κ1) is 30.6. The molecule has 3 heterocycles. The van der Waals surface area contributed by atoms with Crippen LogP contribution in [0.2, 0.25) is 0 Å². The molecule has 2 atom stereocenters. The zero-order valence-corrected chi connectivity index (χ0v) is 27.4. The summed E-state index contributed by atoms with van der Waals surface area (Å²) in [5, 5.41) is 11.4. The van der Waals surface area contributed by atoms with Gasteiger partial charge >= 0.3 is 0 Å². The van der Waals surface area contributed by atoms with Gasteiger partial charge in [0.1, 0.15) is 30.0 Å². The summed E-state index contributed by atoms with van der Waals surface area (Å²) < 4.78 is 13.9. The number of rotatable bonds is 10. The van der Waals surface area contributed by atoms with E-state index in [1.165, 1.54) is 111 Å². The second kappa shape index (κ2) is 14.6. The van der Waals surface area contributed by atoms with Crippen molar-refractivity contribution in [3.05, 3.63) is 77.9 Å². The first-order valence-corrected chi connectivity index (χ1v) is 18.2. The van der Waals surface area contributed by atoms with Crippen molar-refractivity contribution in [1.82, 2.24) is 9.80 Å². The molecule has 0 radical (unpaired) electrons. The normalized spacial score (nSPS) is 21.6. The number of benzene rings is 3. The fraction of sp³-hybridized carbons (Fsp3) is 0.487. The highest BCUT2D eigenvalue weighted by Crippen LogP contribution is 2.42. The van der Waals surface area contributed by atoms with Crippen LogP contribution >= 0.6 is 11.3 Å². The minimum Gasteiger partial charge on any atom is -0.508 e. The van der Waals surface area contributed by atoms with Crippen LogP contribution in [0.25, 0.3) is 20.5 Å². The van der Waals surface area contributed by atoms with E-state index < -0.39 is 0 Å². The minimum atomic E-state index is 0.287. The average Bonchev–Trinajstić information content (AvgIpc) is 3.61. The summed E-state index contributed by atoms with van der Waals surface area (Å²) in [4.78, 5) is 6.47. The van der Waals surface area contributed by atoms with Gasteiger partial charge in [-0.3, -0.25) is 9.80 Å². The fourth-order valence-corrected chi connectivity index (χ4v) is 8.93. The Balaban J connectivity index is 1.06. The molecule has 3 fully saturated rings. The SMILES string of the molecule is Oc1ccc2c(Cc3ccc(O[C@@H]4CCCC[C@H]4N4CCCCCC4)cc3)c(-c3ccc(OCCN4CCCC4)cc3)sc2c1. The van der Waals surface area contributed by atoms with Gasteiger partial charge in [-0.2, -0.15) is 0 Å². The molecule has 3 aliphatic rings. The molecule has 0 bridgehead atoms. The van der Waals surface area contributed by atoms with Gasteiger partial charge in [-0.15, -0.1) is 11.3 Å². The molecule has 45 heavy (non-hydrogen) atoms. The van der Waals surface area contributed by atoms with Crippen molar-refractivity contribution >= 4 is 21.4 Å². The van der Waals surface area contributed by atoms with Gasteiger partial charge in [0.2, 0.25) is 0 Å². The third kappa shape index (κ3) is 7.51. The van der Waals surface area contributed by atoms with Crippen molar-refractivity contribution in [1.29, 1.82) is 0 Å². The predicted molar refractivity (Wildman–Crippen MR) is 186 cm³/mol. The Morgan fingerprint density at radius 2 is 1.44 bits per heavy atom. The summed E-state index contributed by atoms with van der Waals surface area (Å²) in [5.41, 5.74) is 3.76. The number of ether oxygens (including phenoxy) is 2. The van der Waals surface area contributed by atoms with E-state index >= 15 is 0 Å². The summed E-state index contributed by atoms with van der Waals surface area (Å²) in [6.45, 7) is 6.57. The topological polar surface area (TPSA) is 45.2 Å². The smallest absolute Gasteiger partial charge is 0.119 e. The number of hydrogen-bond acceptors (Lipinski definition) is 6. The van der Waals surface area contributed by atoms with Crippen LogP contribution in [-0.2, 0) is 6.42 Å². The van der Waals surface area contributed by atoms with Gasteiger partial charge in [0, 0.05) is 22.2 Å². The van der Waals surface area contributed by atoms with Gasteiger partial charge in [0.15, 0.2) is 0 Å². The molecule has 0 amide bonds. The summed E-state index contributed by atoms with van der Waals surface area (Å²) >= 11 is 1.76. The molecule has 1 N–H and O–H groups in total. The maximum Gasteiger partial charge on any atom is 0.119 e. The maximum absolute atomic E-state index is 10.2. The molecule has 6 heteroatoms. The molecule has 238 valence electrons. The largest absolute Gasteiger partial charge is 0.508 e. The first-order chi connectivity index (χ1) is 22.2. The molecule has 1 aromatic heterocycles. The molecule has 7 rings (SSSR count). The Kier molecular flexibility index (Phi) is 9.91. The van der Waals surface area contributed by atoms with E-state index in [9.17, 15) is 5.11 Å². The van der Waals surface area contributed by atoms with Gasteiger partial charge in [0.25, 0.3) is 0 Å². The summed E-state index contributed by atoms with van der Waals surface area (Å²) in [7, 11) is 0. The quantitative estimate of drug-likeness (QED) is 0.191. The van der Waals surface area contributed by atoms with Crippen molar-refractivity contribution in [2.75, 3.05) is 39.3 Å². The molecule has 3 aromatic carbocycles. The molecular formula is C39H48N2O3S. The lowest BCUT2D eigenvalue weighted by Crippen LogP contribution is -2.48. The number of nitrogens with zero attached hydrogens (tertiary/aromatic N) is 2. The average molecular weight is 625 g/mol. The molecule has 1 aliphatic carbocycles. The second-order valence-corrected chi connectivity index (χ2v) is 14.3. The predicted octanol–water partition coefficient (Wildman–Crippen LogP) is 8.91. The Bertz CT molecular complexity index is 1520. The van der Waals surface area contributed by atoms with E-state index in [4.69, 9.17) is 9.47 Å². The monoisotopic (exact) mass is 624 g/mol. The van der Waals surface area contributed by atoms with E-state index in [1.807, 2.05) is 12.1 Å². The molecule has 4 aromatic rings. The highest BCUT2D eigenvalue weighted by Gasteiger charge is 2.32. The highest BCUT2D eigenvalue weighted by molar-refractivity contribution is 7.22. The third-order valence-electron chi connectivity index (χ3n) is 10.1. The Morgan fingerprint density at radius 3 is 2.22 bits per heavy atom. The molecule has 2 aliphatic heterocycles. The number of hydrogen-bond donors (Lipinski definition) is 1. The van der Waals surface area contributed by atoms with Gasteiger partial charge in [0.05, 0.1) is 0 Å². The Hall–Kier alpha value is -3.06. The van der Waals surface area contributed by atoms with Crippen molar-refractivity contribution in [2.45, 2.75) is 82.8 Å². The molecule has 5 nitrogen and oxygen atoms in total. The number of thiophene rings is 1. The number of phenols is 1. The van der Waals surface area contributed by atoms with Crippen molar-refractivity contribution in [3.63, 3.8) is 0 Å². The summed E-state index contributed by atoms with van der Waals surface area (Å²) in [6.07, 6.45) is 14.1. The van der Waals surface area contributed by atoms with Crippen LogP contribution in [-0.4, -0.2) is 66.4 Å². The number of phenolic OH excluding ortho intramolecular Hbond substituents is 1. The van der Waals surface area contributed by atoms with Crippen LogP contribution in [0.15, 0.2) is 66.7 Å². The van der Waals surface area contributed by atoms with E-state index in [-0.39, 0.29) is 6.10 Å². The van der Waals surface area contributed by atoms with Crippen molar-refractivity contribution < 1.29 is 14.6 Å². The first-order valence-electron chi connectivity index (χ1n) is 17.4. The van der Waals surface area contributed by atoms with Crippen LogP contribution in [0.1, 0.15) is 75.3 Å². The van der Waals surface area contributed by atoms with E-state index in [1.54, 1.807) is 11.3 Å². The van der Waals surface area contributed by atoms with Gasteiger partial charge < -0.3 is 14.6 Å². The zero-order valence-electron chi connectivity index (χ0n) is 26.6. The summed E-state index contributed by atoms with van der Waals surface area (Å²) in [6, 6.07) is 23.7. The van der Waals surface area contributed by atoms with Crippen LogP contribution in [0, 0.1) is 0 Å². The Morgan fingerprint density at radius 1 is 0.733 bits per heavy atom. The zero-order chi connectivity index (χ0) is 30.4. The van der Waals surface area contributed by atoms with Gasteiger partial charge in [-0.05, 0) is 154 Å². The van der Waals surface area contributed by atoms with E-state index in [2.05, 4.69) is 64.4 Å². The Labute approximate surface area is 272 Å². The lowest BCUT2D eigenvalue weighted by molar-refractivity contribution is 0.0375. The maximum atomic E-state index is 10.2. The van der Waals surface area contributed by atoms with E-state index in [0.29, 0.717) is 11.8 Å². The lowest BCUT2D eigenvalue weighted by Gasteiger charge is -2.39. The van der Waals surface area contributed by atoms with E-state index in [0.717, 1.165) is 42.2 Å². The molecule has 1 saturated carbocycles. The lowest BCUT2D eigenvalue weighted by atomic mass is 9.91. The van der Waals surface area contributed by atoms with Gasteiger partial charge in [-0.25, -0.2) is 0 Å². The summed E-state index contributed by atoms with van der Waals surface area (Å²) in [5.74, 6) is 2.22. The van der Waals surface area contributed by atoms with Crippen LogP contribution in [0.4, 0.5) is 0 Å². The third-order valence-corrected chi connectivity index (χ3v) is 11.4. The van der Waals surface area contributed by atoms with Crippen molar-refractivity contribution in [2.24, 2.45) is 0 Å². The standard InChI is InChI=1S/C39H48N2O3S/c42-31-15-20-34-35(39(45-38(34)28-31)30-13-18-32(19-14-30)43-26-25-40-21-7-8-22-40)27-29-11-16-33(17-12-29)44-37-10-4-3-9-36(37)41-23-5-1-2-6-24-41/h11-20,28,36-37,42H,1-10,21-27H2/t36-,37-/m1/s1. The number of aromatic hydroxyl groups is 1. The van der Waals surface area contributed by atoms with Gasteiger partial charge in [-0.1, -0.05) is 31.4 Å². The fourth-order valence-electron chi connectivity index (χ4n) is 7.67. The van der Waals surface area contributed by atoms with Crippen molar-refractivity contribution in [3.8, 4) is 27.7 Å². The minimum absolute atomic E-state index is 0.287. The molecule has 0 spiro atoms. The molecule has 2 saturated heterocycles. The molecular weight excluding hydrogens is 577 g/mol. The number of likely N-dealkylation sites (tertiary alicyclic amines) is 2. The second-order valence-electron chi connectivity index (χ2n) is 13.3. The van der Waals surface area contributed by atoms with Crippen LogP contribution in [0.3, 0.4) is 0 Å². The molecule has 0 unspecified atom stereocenters. The highest BCUT2D eigenvalue weighted by atomic mass is 32.1. The van der Waals surface area contributed by atoms with Crippen LogP contribution < -0.4 is 9.47 Å². The van der Waals surface area contributed by atoms with Crippen LogP contribution in [0.5, 0.6) is 17.2 Å². The number of fused-ring (bicyclic) bond motifs is 1.